The fourth-order valence-corrected chi connectivity index (χ4v) is 3.26. The molecule has 1 fully saturated rings. The Hall–Kier alpha value is -1.85. The molecule has 5 heteroatoms. The van der Waals surface area contributed by atoms with Crippen LogP contribution in [0.4, 0.5) is 0 Å². The molecule has 24 heavy (non-hydrogen) atoms. The predicted molar refractivity (Wildman–Crippen MR) is 98.2 cm³/mol. The number of amides is 1. The first-order valence-corrected chi connectivity index (χ1v) is 9.60. The molecule has 1 aromatic heterocycles. The summed E-state index contributed by atoms with van der Waals surface area (Å²) in [5.74, 6) is 0.914. The lowest BCUT2D eigenvalue weighted by atomic mass is 10.1. The van der Waals surface area contributed by atoms with Crippen molar-refractivity contribution in [1.29, 1.82) is 0 Å². The van der Waals surface area contributed by atoms with Gasteiger partial charge in [0.1, 0.15) is 0 Å². The Bertz CT molecular complexity index is 665. The molecule has 3 rings (SSSR count). The van der Waals surface area contributed by atoms with Crippen molar-refractivity contribution < 1.29 is 9.53 Å². The van der Waals surface area contributed by atoms with Crippen molar-refractivity contribution in [1.82, 2.24) is 10.3 Å². The molecule has 1 aliphatic heterocycles. The maximum Gasteiger partial charge on any atom is 0.251 e. The molecule has 0 saturated carbocycles. The summed E-state index contributed by atoms with van der Waals surface area (Å²) in [5.41, 5.74) is 3.82. The molecule has 0 radical (unpaired) electrons. The maximum atomic E-state index is 12.2. The summed E-state index contributed by atoms with van der Waals surface area (Å²) >= 11 is 1.78. The van der Waals surface area contributed by atoms with Gasteiger partial charge in [-0.1, -0.05) is 18.2 Å². The predicted octanol–water partition coefficient (Wildman–Crippen LogP) is 3.52. The van der Waals surface area contributed by atoms with E-state index in [9.17, 15) is 4.79 Å². The SMILES string of the molecule is CSCc1ccc(-c2ccc(C(=O)NC[C@@H]3CCCO3)cc2)nc1. The zero-order valence-electron chi connectivity index (χ0n) is 13.8. The number of benzene rings is 1. The number of thioether (sulfide) groups is 1. The number of pyridine rings is 1. The van der Waals surface area contributed by atoms with E-state index in [1.165, 1.54) is 5.56 Å². The first-order chi connectivity index (χ1) is 11.8. The Morgan fingerprint density at radius 3 is 2.75 bits per heavy atom. The van der Waals surface area contributed by atoms with Crippen LogP contribution in [0, 0.1) is 0 Å². The maximum absolute atomic E-state index is 12.2. The van der Waals surface area contributed by atoms with E-state index in [2.05, 4.69) is 22.6 Å². The van der Waals surface area contributed by atoms with Gasteiger partial charge in [0.15, 0.2) is 0 Å². The van der Waals surface area contributed by atoms with Crippen LogP contribution in [0.5, 0.6) is 0 Å². The van der Waals surface area contributed by atoms with Gasteiger partial charge in [-0.2, -0.15) is 11.8 Å². The Balaban J connectivity index is 1.60. The van der Waals surface area contributed by atoms with Crippen LogP contribution in [-0.4, -0.2) is 36.4 Å². The Kier molecular flexibility index (Phi) is 5.88. The molecular weight excluding hydrogens is 320 g/mol. The van der Waals surface area contributed by atoms with E-state index >= 15 is 0 Å². The number of nitrogens with zero attached hydrogens (tertiary/aromatic N) is 1. The normalized spacial score (nSPS) is 17.0. The van der Waals surface area contributed by atoms with Gasteiger partial charge in [0.05, 0.1) is 11.8 Å². The molecule has 1 aliphatic rings. The van der Waals surface area contributed by atoms with E-state index < -0.39 is 0 Å². The number of nitrogens with one attached hydrogen (secondary N) is 1. The van der Waals surface area contributed by atoms with Crippen LogP contribution in [-0.2, 0) is 10.5 Å². The number of carbonyl (C=O) groups excluding carboxylic acids is 1. The second kappa shape index (κ2) is 8.31. The Morgan fingerprint density at radius 1 is 1.29 bits per heavy atom. The van der Waals surface area contributed by atoms with Gasteiger partial charge in [0.2, 0.25) is 0 Å². The molecule has 4 nitrogen and oxygen atoms in total. The van der Waals surface area contributed by atoms with Crippen LogP contribution in [0.25, 0.3) is 11.3 Å². The molecule has 1 saturated heterocycles. The van der Waals surface area contributed by atoms with Crippen molar-refractivity contribution in [2.45, 2.75) is 24.7 Å². The molecule has 0 bridgehead atoms. The van der Waals surface area contributed by atoms with Crippen molar-refractivity contribution in [3.8, 4) is 11.3 Å². The number of carbonyl (C=O) groups is 1. The first kappa shape index (κ1) is 17.0. The van der Waals surface area contributed by atoms with Gasteiger partial charge in [0, 0.05) is 36.2 Å². The molecule has 126 valence electrons. The van der Waals surface area contributed by atoms with E-state index in [1.807, 2.05) is 36.5 Å². The number of aromatic nitrogens is 1. The fraction of sp³-hybridized carbons (Fsp3) is 0.368. The number of ether oxygens (including phenoxy) is 1. The molecule has 1 aromatic carbocycles. The number of hydrogen-bond acceptors (Lipinski definition) is 4. The molecule has 2 aromatic rings. The average Bonchev–Trinajstić information content (AvgIpc) is 3.14. The highest BCUT2D eigenvalue weighted by atomic mass is 32.2. The Morgan fingerprint density at radius 2 is 2.12 bits per heavy atom. The third kappa shape index (κ3) is 4.36. The van der Waals surface area contributed by atoms with Gasteiger partial charge in [-0.25, -0.2) is 0 Å². The highest BCUT2D eigenvalue weighted by molar-refractivity contribution is 7.97. The summed E-state index contributed by atoms with van der Waals surface area (Å²) in [6, 6.07) is 11.7. The third-order valence-electron chi connectivity index (χ3n) is 4.09. The minimum absolute atomic E-state index is 0.0553. The van der Waals surface area contributed by atoms with Gasteiger partial charge in [-0.05, 0) is 42.9 Å². The van der Waals surface area contributed by atoms with Gasteiger partial charge < -0.3 is 10.1 Å². The Labute approximate surface area is 147 Å². The highest BCUT2D eigenvalue weighted by Crippen LogP contribution is 2.19. The fourth-order valence-electron chi connectivity index (χ4n) is 2.75. The lowest BCUT2D eigenvalue weighted by Crippen LogP contribution is -2.31. The zero-order valence-corrected chi connectivity index (χ0v) is 14.6. The van der Waals surface area contributed by atoms with Gasteiger partial charge in [0.25, 0.3) is 5.91 Å². The molecule has 1 amide bonds. The van der Waals surface area contributed by atoms with Crippen LogP contribution in [0.15, 0.2) is 42.6 Å². The summed E-state index contributed by atoms with van der Waals surface area (Å²) < 4.78 is 5.52. The van der Waals surface area contributed by atoms with E-state index in [1.54, 1.807) is 11.8 Å². The molecule has 0 unspecified atom stereocenters. The van der Waals surface area contributed by atoms with Crippen LogP contribution in [0.1, 0.15) is 28.8 Å². The first-order valence-electron chi connectivity index (χ1n) is 8.20. The summed E-state index contributed by atoms with van der Waals surface area (Å²) in [5, 5.41) is 2.94. The molecule has 1 N–H and O–H groups in total. The second-order valence-corrected chi connectivity index (χ2v) is 6.77. The molecular formula is C19H22N2O2S. The monoisotopic (exact) mass is 342 g/mol. The summed E-state index contributed by atoms with van der Waals surface area (Å²) in [6.07, 6.45) is 6.26. The second-order valence-electron chi connectivity index (χ2n) is 5.91. The molecule has 0 aliphatic carbocycles. The van der Waals surface area contributed by atoms with Crippen molar-refractivity contribution >= 4 is 17.7 Å². The smallest absolute Gasteiger partial charge is 0.251 e. The van der Waals surface area contributed by atoms with Crippen molar-refractivity contribution in [2.75, 3.05) is 19.4 Å². The summed E-state index contributed by atoms with van der Waals surface area (Å²) in [4.78, 5) is 16.7. The molecule has 1 atom stereocenters. The average molecular weight is 342 g/mol. The van der Waals surface area contributed by atoms with Crippen LogP contribution >= 0.6 is 11.8 Å². The minimum atomic E-state index is -0.0553. The van der Waals surface area contributed by atoms with E-state index in [0.29, 0.717) is 12.1 Å². The van der Waals surface area contributed by atoms with Crippen LogP contribution in [0.2, 0.25) is 0 Å². The van der Waals surface area contributed by atoms with Crippen molar-refractivity contribution in [3.63, 3.8) is 0 Å². The lowest BCUT2D eigenvalue weighted by Gasteiger charge is -2.11. The van der Waals surface area contributed by atoms with Gasteiger partial charge in [-0.3, -0.25) is 9.78 Å². The zero-order chi connectivity index (χ0) is 16.8. The highest BCUT2D eigenvalue weighted by Gasteiger charge is 2.16. The van der Waals surface area contributed by atoms with E-state index in [-0.39, 0.29) is 12.0 Å². The quantitative estimate of drug-likeness (QED) is 0.873. The standard InChI is InChI=1S/C19H22N2O2S/c1-24-13-14-4-9-18(20-11-14)15-5-7-16(8-6-15)19(22)21-12-17-3-2-10-23-17/h4-9,11,17H,2-3,10,12-13H2,1H3,(H,21,22)/t17-/m0/s1. The summed E-state index contributed by atoms with van der Waals surface area (Å²) in [7, 11) is 0. The van der Waals surface area contributed by atoms with Crippen molar-refractivity contribution in [3.05, 3.63) is 53.7 Å². The van der Waals surface area contributed by atoms with Crippen LogP contribution in [0.3, 0.4) is 0 Å². The number of rotatable bonds is 6. The van der Waals surface area contributed by atoms with Crippen LogP contribution < -0.4 is 5.32 Å². The summed E-state index contributed by atoms with van der Waals surface area (Å²) in [6.45, 7) is 1.39. The van der Waals surface area contributed by atoms with E-state index in [4.69, 9.17) is 4.74 Å². The van der Waals surface area contributed by atoms with Gasteiger partial charge in [-0.15, -0.1) is 0 Å². The third-order valence-corrected chi connectivity index (χ3v) is 4.71. The lowest BCUT2D eigenvalue weighted by molar-refractivity contribution is 0.0858. The topological polar surface area (TPSA) is 51.2 Å². The molecule has 0 spiro atoms. The number of hydrogen-bond donors (Lipinski definition) is 1. The van der Waals surface area contributed by atoms with Crippen molar-refractivity contribution in [2.24, 2.45) is 0 Å². The molecule has 2 heterocycles. The minimum Gasteiger partial charge on any atom is -0.376 e. The van der Waals surface area contributed by atoms with Gasteiger partial charge >= 0.3 is 0 Å². The largest absolute Gasteiger partial charge is 0.376 e. The van der Waals surface area contributed by atoms with E-state index in [0.717, 1.165) is 36.5 Å².